The van der Waals surface area contributed by atoms with Crippen molar-refractivity contribution >= 4 is 23.2 Å². The van der Waals surface area contributed by atoms with E-state index < -0.39 is 0 Å². The highest BCUT2D eigenvalue weighted by Gasteiger charge is 2.38. The zero-order valence-corrected chi connectivity index (χ0v) is 14.0. The minimum absolute atomic E-state index is 0.0253. The number of nitrogens with one attached hydrogen (secondary N) is 2. The summed E-state index contributed by atoms with van der Waals surface area (Å²) in [4.78, 5) is 25.8. The van der Waals surface area contributed by atoms with Gasteiger partial charge in [-0.05, 0) is 43.4 Å². The van der Waals surface area contributed by atoms with Crippen LogP contribution in [-0.4, -0.2) is 31.4 Å². The minimum atomic E-state index is -0.356. The Labute approximate surface area is 141 Å². The highest BCUT2D eigenvalue weighted by molar-refractivity contribution is 5.92. The van der Waals surface area contributed by atoms with E-state index in [1.54, 1.807) is 6.07 Å². The van der Waals surface area contributed by atoms with Gasteiger partial charge in [-0.15, -0.1) is 0 Å². The normalized spacial score (nSPS) is 22.3. The van der Waals surface area contributed by atoms with E-state index in [0.29, 0.717) is 18.2 Å². The molecule has 2 amide bonds. The molecule has 0 spiro atoms. The summed E-state index contributed by atoms with van der Waals surface area (Å²) in [5.74, 6) is 0.00893. The van der Waals surface area contributed by atoms with Crippen LogP contribution >= 0.6 is 0 Å². The van der Waals surface area contributed by atoms with Crippen LogP contribution < -0.4 is 15.5 Å². The molecule has 0 unspecified atom stereocenters. The Kier molecular flexibility index (Phi) is 5.02. The van der Waals surface area contributed by atoms with Gasteiger partial charge in [-0.1, -0.05) is 6.92 Å². The van der Waals surface area contributed by atoms with Crippen LogP contribution in [0.1, 0.15) is 32.6 Å². The van der Waals surface area contributed by atoms with E-state index in [0.717, 1.165) is 38.0 Å². The molecule has 0 bridgehead atoms. The summed E-state index contributed by atoms with van der Waals surface area (Å²) < 4.78 is 13.8. The number of nitrogens with zero attached hydrogens (tertiary/aromatic N) is 1. The third-order valence-corrected chi connectivity index (χ3v) is 4.74. The fraction of sp³-hybridized carbons (Fsp3) is 0.556. The van der Waals surface area contributed by atoms with Crippen molar-refractivity contribution in [1.29, 1.82) is 0 Å². The largest absolute Gasteiger partial charge is 0.371 e. The summed E-state index contributed by atoms with van der Waals surface area (Å²) >= 11 is 0. The third-order valence-electron chi connectivity index (χ3n) is 4.74. The van der Waals surface area contributed by atoms with Crippen molar-refractivity contribution in [3.8, 4) is 0 Å². The standard InChI is InChI=1S/C18H24FN3O2/c1-12-8-16(12)18(24)20-5-4-17(23)21-14-9-13(19)10-15(11-14)22-6-2-3-7-22/h9-12,16H,2-8H2,1H3,(H,20,24)(H,21,23)/t12-,16+/m0/s1. The topological polar surface area (TPSA) is 61.4 Å². The third kappa shape index (κ3) is 4.24. The fourth-order valence-electron chi connectivity index (χ4n) is 3.15. The van der Waals surface area contributed by atoms with Crippen molar-refractivity contribution in [3.05, 3.63) is 24.0 Å². The molecule has 1 aliphatic carbocycles. The molecule has 1 aromatic carbocycles. The molecule has 0 aromatic heterocycles. The first-order chi connectivity index (χ1) is 11.5. The van der Waals surface area contributed by atoms with Gasteiger partial charge in [0.05, 0.1) is 0 Å². The molecule has 1 saturated heterocycles. The molecule has 2 aliphatic rings. The first-order valence-electron chi connectivity index (χ1n) is 8.66. The van der Waals surface area contributed by atoms with E-state index in [1.165, 1.54) is 12.1 Å². The zero-order chi connectivity index (χ0) is 17.1. The Morgan fingerprint density at radius 3 is 2.62 bits per heavy atom. The van der Waals surface area contributed by atoms with E-state index >= 15 is 0 Å². The lowest BCUT2D eigenvalue weighted by molar-refractivity contribution is -0.122. The van der Waals surface area contributed by atoms with Crippen LogP contribution in [-0.2, 0) is 9.59 Å². The molecule has 2 fully saturated rings. The maximum Gasteiger partial charge on any atom is 0.226 e. The lowest BCUT2D eigenvalue weighted by Gasteiger charge is -2.18. The van der Waals surface area contributed by atoms with Crippen molar-refractivity contribution in [2.24, 2.45) is 11.8 Å². The molecule has 1 aliphatic heterocycles. The summed E-state index contributed by atoms with van der Waals surface area (Å²) in [6, 6.07) is 4.62. The molecule has 130 valence electrons. The van der Waals surface area contributed by atoms with Crippen LogP contribution in [0.4, 0.5) is 15.8 Å². The predicted molar refractivity (Wildman–Crippen MR) is 91.4 cm³/mol. The molecule has 0 radical (unpaired) electrons. The number of anilines is 2. The van der Waals surface area contributed by atoms with Gasteiger partial charge in [0.1, 0.15) is 5.82 Å². The zero-order valence-electron chi connectivity index (χ0n) is 14.0. The maximum atomic E-state index is 13.8. The van der Waals surface area contributed by atoms with E-state index in [-0.39, 0.29) is 30.0 Å². The number of halogens is 1. The monoisotopic (exact) mass is 333 g/mol. The second-order valence-electron chi connectivity index (χ2n) is 6.80. The van der Waals surface area contributed by atoms with Crippen LogP contribution in [0.25, 0.3) is 0 Å². The number of amides is 2. The van der Waals surface area contributed by atoms with Crippen molar-refractivity contribution in [2.45, 2.75) is 32.6 Å². The maximum absolute atomic E-state index is 13.8. The molecule has 6 heteroatoms. The highest BCUT2D eigenvalue weighted by atomic mass is 19.1. The van der Waals surface area contributed by atoms with Gasteiger partial charge >= 0.3 is 0 Å². The summed E-state index contributed by atoms with van der Waals surface area (Å²) in [7, 11) is 0. The lowest BCUT2D eigenvalue weighted by atomic mass is 10.2. The van der Waals surface area contributed by atoms with Gasteiger partial charge in [0, 0.05) is 43.3 Å². The predicted octanol–water partition coefficient (Wildman–Crippen LogP) is 2.53. The molecule has 2 N–H and O–H groups in total. The summed E-state index contributed by atoms with van der Waals surface area (Å²) in [5, 5.41) is 5.49. The van der Waals surface area contributed by atoms with Crippen molar-refractivity contribution < 1.29 is 14.0 Å². The smallest absolute Gasteiger partial charge is 0.226 e. The van der Waals surface area contributed by atoms with Gasteiger partial charge in [0.25, 0.3) is 0 Å². The lowest BCUT2D eigenvalue weighted by Crippen LogP contribution is -2.29. The number of benzene rings is 1. The average Bonchev–Trinajstić information content (AvgIpc) is 3.03. The molecular weight excluding hydrogens is 309 g/mol. The Balaban J connectivity index is 1.49. The molecule has 1 saturated carbocycles. The molecular formula is C18H24FN3O2. The number of hydrogen-bond acceptors (Lipinski definition) is 3. The van der Waals surface area contributed by atoms with Crippen LogP contribution in [0, 0.1) is 17.7 Å². The average molecular weight is 333 g/mol. The van der Waals surface area contributed by atoms with Gasteiger partial charge in [-0.2, -0.15) is 0 Å². The first kappa shape index (κ1) is 16.7. The molecule has 3 rings (SSSR count). The summed E-state index contributed by atoms with van der Waals surface area (Å²) in [6.45, 7) is 4.19. The first-order valence-corrected chi connectivity index (χ1v) is 8.66. The minimum Gasteiger partial charge on any atom is -0.371 e. The van der Waals surface area contributed by atoms with Crippen LogP contribution in [0.2, 0.25) is 0 Å². The Bertz CT molecular complexity index is 629. The number of rotatable bonds is 6. The molecule has 2 atom stereocenters. The van der Waals surface area contributed by atoms with Gasteiger partial charge in [-0.25, -0.2) is 4.39 Å². The van der Waals surface area contributed by atoms with E-state index in [1.807, 2.05) is 6.92 Å². The van der Waals surface area contributed by atoms with Crippen molar-refractivity contribution in [3.63, 3.8) is 0 Å². The van der Waals surface area contributed by atoms with Gasteiger partial charge in [0.2, 0.25) is 11.8 Å². The molecule has 1 heterocycles. The Morgan fingerprint density at radius 1 is 1.25 bits per heavy atom. The number of hydrogen-bond donors (Lipinski definition) is 2. The number of carbonyl (C=O) groups excluding carboxylic acids is 2. The van der Waals surface area contributed by atoms with Crippen LogP contribution in [0.3, 0.4) is 0 Å². The number of carbonyl (C=O) groups is 2. The molecule has 1 aromatic rings. The summed E-state index contributed by atoms with van der Waals surface area (Å²) in [5.41, 5.74) is 1.27. The van der Waals surface area contributed by atoms with E-state index in [9.17, 15) is 14.0 Å². The van der Waals surface area contributed by atoms with Gasteiger partial charge in [-0.3, -0.25) is 9.59 Å². The second kappa shape index (κ2) is 7.20. The van der Waals surface area contributed by atoms with Crippen molar-refractivity contribution in [2.75, 3.05) is 29.9 Å². The Hall–Kier alpha value is -2.11. The van der Waals surface area contributed by atoms with E-state index in [4.69, 9.17) is 0 Å². The van der Waals surface area contributed by atoms with Crippen LogP contribution in [0.15, 0.2) is 18.2 Å². The van der Waals surface area contributed by atoms with Gasteiger partial charge in [0.15, 0.2) is 0 Å². The summed E-state index contributed by atoms with van der Waals surface area (Å²) in [6.07, 6.45) is 3.33. The SMILES string of the molecule is C[C@H]1C[C@H]1C(=O)NCCC(=O)Nc1cc(F)cc(N2CCCC2)c1. The fourth-order valence-corrected chi connectivity index (χ4v) is 3.15. The van der Waals surface area contributed by atoms with E-state index in [2.05, 4.69) is 15.5 Å². The quantitative estimate of drug-likeness (QED) is 0.841. The Morgan fingerprint density at radius 2 is 1.96 bits per heavy atom. The molecule has 24 heavy (non-hydrogen) atoms. The van der Waals surface area contributed by atoms with Crippen LogP contribution in [0.5, 0.6) is 0 Å². The highest BCUT2D eigenvalue weighted by Crippen LogP contribution is 2.37. The molecule has 5 nitrogen and oxygen atoms in total. The second-order valence-corrected chi connectivity index (χ2v) is 6.80. The van der Waals surface area contributed by atoms with Crippen molar-refractivity contribution in [1.82, 2.24) is 5.32 Å². The van der Waals surface area contributed by atoms with Gasteiger partial charge < -0.3 is 15.5 Å².